The molecule has 1 rings (SSSR count). The first-order valence-corrected chi connectivity index (χ1v) is 5.96. The van der Waals surface area contributed by atoms with Gasteiger partial charge in [-0.15, -0.1) is 0 Å². The Balaban J connectivity index is 2.12. The van der Waals surface area contributed by atoms with E-state index in [1.807, 2.05) is 0 Å². The van der Waals surface area contributed by atoms with Gasteiger partial charge in [-0.25, -0.2) is 4.39 Å². The maximum Gasteiger partial charge on any atom is 0.165 e. The van der Waals surface area contributed by atoms with Crippen LogP contribution in [0, 0.1) is 5.82 Å². The van der Waals surface area contributed by atoms with Gasteiger partial charge in [-0.2, -0.15) is 12.6 Å². The van der Waals surface area contributed by atoms with Gasteiger partial charge in [0.25, 0.3) is 0 Å². The van der Waals surface area contributed by atoms with E-state index < -0.39 is 0 Å². The molecular formula is C12H17FOS. The molecule has 0 unspecified atom stereocenters. The minimum Gasteiger partial charge on any atom is -0.491 e. The summed E-state index contributed by atoms with van der Waals surface area (Å²) in [5.74, 6) is 1.01. The van der Waals surface area contributed by atoms with E-state index in [2.05, 4.69) is 12.6 Å². The summed E-state index contributed by atoms with van der Waals surface area (Å²) in [5.41, 5.74) is 0. The van der Waals surface area contributed by atoms with Crippen LogP contribution in [0.3, 0.4) is 0 Å². The van der Waals surface area contributed by atoms with Crippen molar-refractivity contribution in [3.05, 3.63) is 30.1 Å². The highest BCUT2D eigenvalue weighted by molar-refractivity contribution is 7.80. The largest absolute Gasteiger partial charge is 0.491 e. The van der Waals surface area contributed by atoms with Gasteiger partial charge in [-0.3, -0.25) is 0 Å². The molecule has 1 aromatic rings. The molecule has 0 radical (unpaired) electrons. The fourth-order valence-electron chi connectivity index (χ4n) is 1.31. The highest BCUT2D eigenvalue weighted by Gasteiger charge is 2.00. The Morgan fingerprint density at radius 1 is 1.07 bits per heavy atom. The molecule has 3 heteroatoms. The number of benzene rings is 1. The summed E-state index contributed by atoms with van der Waals surface area (Å²) >= 11 is 4.14. The van der Waals surface area contributed by atoms with E-state index in [0.717, 1.165) is 25.0 Å². The van der Waals surface area contributed by atoms with Crippen molar-refractivity contribution in [1.29, 1.82) is 0 Å². The second-order valence-corrected chi connectivity index (χ2v) is 3.86. The van der Waals surface area contributed by atoms with Gasteiger partial charge in [-0.1, -0.05) is 25.0 Å². The Labute approximate surface area is 96.1 Å². The summed E-state index contributed by atoms with van der Waals surface area (Å²) in [7, 11) is 0. The smallest absolute Gasteiger partial charge is 0.165 e. The van der Waals surface area contributed by atoms with Crippen LogP contribution in [0.2, 0.25) is 0 Å². The number of halogens is 1. The van der Waals surface area contributed by atoms with Gasteiger partial charge < -0.3 is 4.74 Å². The van der Waals surface area contributed by atoms with E-state index in [9.17, 15) is 4.39 Å². The first-order chi connectivity index (χ1) is 7.34. The van der Waals surface area contributed by atoms with E-state index in [4.69, 9.17) is 4.74 Å². The zero-order valence-corrected chi connectivity index (χ0v) is 9.68. The molecule has 0 aliphatic carbocycles. The Morgan fingerprint density at radius 2 is 1.80 bits per heavy atom. The lowest BCUT2D eigenvalue weighted by Crippen LogP contribution is -1.99. The van der Waals surface area contributed by atoms with Crippen molar-refractivity contribution >= 4 is 12.6 Å². The maximum absolute atomic E-state index is 13.1. The third kappa shape index (κ3) is 5.07. The molecule has 0 fully saturated rings. The van der Waals surface area contributed by atoms with Gasteiger partial charge in [0.1, 0.15) is 0 Å². The molecule has 0 spiro atoms. The fraction of sp³-hybridized carbons (Fsp3) is 0.500. The van der Waals surface area contributed by atoms with E-state index in [1.54, 1.807) is 18.2 Å². The van der Waals surface area contributed by atoms with Gasteiger partial charge in [0.05, 0.1) is 6.61 Å². The van der Waals surface area contributed by atoms with Crippen molar-refractivity contribution in [1.82, 2.24) is 0 Å². The molecule has 0 aromatic heterocycles. The molecule has 0 amide bonds. The Hall–Kier alpha value is -0.700. The molecule has 0 saturated carbocycles. The molecule has 0 saturated heterocycles. The van der Waals surface area contributed by atoms with Crippen molar-refractivity contribution in [2.24, 2.45) is 0 Å². The Morgan fingerprint density at radius 3 is 2.53 bits per heavy atom. The first kappa shape index (κ1) is 12.4. The van der Waals surface area contributed by atoms with Gasteiger partial charge in [0, 0.05) is 0 Å². The zero-order valence-electron chi connectivity index (χ0n) is 8.79. The Bertz CT molecular complexity index is 278. The van der Waals surface area contributed by atoms with Crippen molar-refractivity contribution in [3.63, 3.8) is 0 Å². The molecule has 0 N–H and O–H groups in total. The monoisotopic (exact) mass is 228 g/mol. The van der Waals surface area contributed by atoms with Crippen LogP contribution in [0.25, 0.3) is 0 Å². The summed E-state index contributed by atoms with van der Waals surface area (Å²) in [6.07, 6.45) is 4.41. The normalized spacial score (nSPS) is 10.3. The summed E-state index contributed by atoms with van der Waals surface area (Å²) in [5, 5.41) is 0. The molecule has 1 aromatic carbocycles. The summed E-state index contributed by atoms with van der Waals surface area (Å²) in [6, 6.07) is 6.51. The van der Waals surface area contributed by atoms with Crippen LogP contribution >= 0.6 is 12.6 Å². The van der Waals surface area contributed by atoms with Crippen LogP contribution < -0.4 is 4.74 Å². The second kappa shape index (κ2) is 7.57. The van der Waals surface area contributed by atoms with Crippen LogP contribution in [0.1, 0.15) is 25.7 Å². The summed E-state index contributed by atoms with van der Waals surface area (Å²) in [6.45, 7) is 0.591. The van der Waals surface area contributed by atoms with Gasteiger partial charge in [0.15, 0.2) is 11.6 Å². The van der Waals surface area contributed by atoms with Crippen LogP contribution in [-0.2, 0) is 0 Å². The quantitative estimate of drug-likeness (QED) is 0.553. The van der Waals surface area contributed by atoms with Gasteiger partial charge in [-0.05, 0) is 30.7 Å². The second-order valence-electron chi connectivity index (χ2n) is 3.42. The number of rotatable bonds is 7. The lowest BCUT2D eigenvalue weighted by molar-refractivity contribution is 0.290. The molecule has 0 atom stereocenters. The number of para-hydroxylation sites is 1. The average Bonchev–Trinajstić information content (AvgIpc) is 2.25. The van der Waals surface area contributed by atoms with E-state index in [1.165, 1.54) is 12.5 Å². The number of ether oxygens (including phenoxy) is 1. The molecule has 84 valence electrons. The van der Waals surface area contributed by atoms with E-state index >= 15 is 0 Å². The molecule has 1 nitrogen and oxygen atoms in total. The van der Waals surface area contributed by atoms with Crippen molar-refractivity contribution in [2.75, 3.05) is 12.4 Å². The lowest BCUT2D eigenvalue weighted by atomic mass is 10.2. The van der Waals surface area contributed by atoms with Crippen LogP contribution in [0.5, 0.6) is 5.75 Å². The first-order valence-electron chi connectivity index (χ1n) is 5.33. The van der Waals surface area contributed by atoms with Gasteiger partial charge >= 0.3 is 0 Å². The fourth-order valence-corrected chi connectivity index (χ4v) is 1.53. The highest BCUT2D eigenvalue weighted by Crippen LogP contribution is 2.15. The molecule has 0 bridgehead atoms. The minimum absolute atomic E-state index is 0.284. The standard InChI is InChI=1S/C12H17FOS/c13-11-7-3-4-8-12(11)14-9-5-1-2-6-10-15/h3-4,7-8,15H,1-2,5-6,9-10H2. The molecule has 0 heterocycles. The summed E-state index contributed by atoms with van der Waals surface area (Å²) in [4.78, 5) is 0. The van der Waals surface area contributed by atoms with E-state index in [-0.39, 0.29) is 5.82 Å². The van der Waals surface area contributed by atoms with Crippen molar-refractivity contribution < 1.29 is 9.13 Å². The van der Waals surface area contributed by atoms with E-state index in [0.29, 0.717) is 12.4 Å². The third-order valence-electron chi connectivity index (χ3n) is 2.15. The van der Waals surface area contributed by atoms with Crippen LogP contribution in [0.15, 0.2) is 24.3 Å². The third-order valence-corrected chi connectivity index (χ3v) is 2.46. The lowest BCUT2D eigenvalue weighted by Gasteiger charge is -2.06. The molecular weight excluding hydrogens is 211 g/mol. The number of unbranched alkanes of at least 4 members (excludes halogenated alkanes) is 3. The predicted molar refractivity (Wildman–Crippen MR) is 64.2 cm³/mol. The summed E-state index contributed by atoms with van der Waals surface area (Å²) < 4.78 is 18.4. The Kier molecular flexibility index (Phi) is 6.25. The average molecular weight is 228 g/mol. The molecule has 0 aliphatic heterocycles. The van der Waals surface area contributed by atoms with Gasteiger partial charge in [0.2, 0.25) is 0 Å². The number of thiol groups is 1. The van der Waals surface area contributed by atoms with Crippen molar-refractivity contribution in [2.45, 2.75) is 25.7 Å². The molecule has 15 heavy (non-hydrogen) atoms. The number of hydrogen-bond donors (Lipinski definition) is 1. The maximum atomic E-state index is 13.1. The topological polar surface area (TPSA) is 9.23 Å². The van der Waals surface area contributed by atoms with Crippen molar-refractivity contribution in [3.8, 4) is 5.75 Å². The van der Waals surface area contributed by atoms with Crippen LogP contribution in [0.4, 0.5) is 4.39 Å². The predicted octanol–water partition coefficient (Wildman–Crippen LogP) is 3.69. The minimum atomic E-state index is -0.284. The number of hydrogen-bond acceptors (Lipinski definition) is 2. The van der Waals surface area contributed by atoms with Crippen LogP contribution in [-0.4, -0.2) is 12.4 Å². The SMILES string of the molecule is Fc1ccccc1OCCCCCCS. The highest BCUT2D eigenvalue weighted by atomic mass is 32.1. The molecule has 0 aliphatic rings. The zero-order chi connectivity index (χ0) is 10.9.